The van der Waals surface area contributed by atoms with E-state index in [0.717, 1.165) is 22.7 Å². The number of hydrogen-bond acceptors (Lipinski definition) is 2. The number of thiophene rings is 1. The molecule has 0 bridgehead atoms. The first-order chi connectivity index (χ1) is 12.1. The van der Waals surface area contributed by atoms with Gasteiger partial charge in [-0.3, -0.25) is 4.79 Å². The van der Waals surface area contributed by atoms with Crippen molar-refractivity contribution in [2.24, 2.45) is 11.3 Å². The minimum Gasteiger partial charge on any atom is -0.344 e. The second-order valence-corrected chi connectivity index (χ2v) is 8.49. The molecule has 25 heavy (non-hydrogen) atoms. The molecule has 1 saturated carbocycles. The third-order valence-electron chi connectivity index (χ3n) is 5.43. The highest BCUT2D eigenvalue weighted by atomic mass is 35.5. The smallest absolute Gasteiger partial charge is 0.261 e. The van der Waals surface area contributed by atoms with E-state index in [9.17, 15) is 4.79 Å². The van der Waals surface area contributed by atoms with Gasteiger partial charge < -0.3 is 5.32 Å². The van der Waals surface area contributed by atoms with Crippen LogP contribution in [0, 0.1) is 11.3 Å². The lowest BCUT2D eigenvalue weighted by Gasteiger charge is -2.30. The fourth-order valence-electron chi connectivity index (χ4n) is 4.23. The van der Waals surface area contributed by atoms with E-state index >= 15 is 0 Å². The molecule has 0 unspecified atom stereocenters. The molecule has 1 N–H and O–H groups in total. The van der Waals surface area contributed by atoms with E-state index in [1.165, 1.54) is 36.2 Å². The Balaban J connectivity index is 1.91. The predicted octanol–water partition coefficient (Wildman–Crippen LogP) is 6.48. The van der Waals surface area contributed by atoms with E-state index in [0.29, 0.717) is 5.92 Å². The predicted molar refractivity (Wildman–Crippen MR) is 106 cm³/mol. The molecule has 3 atom stereocenters. The first-order valence-electron chi connectivity index (χ1n) is 9.20. The molecule has 1 aliphatic rings. The molecular weight excluding hydrogens is 350 g/mol. The maximum atomic E-state index is 12.8. The van der Waals surface area contributed by atoms with Crippen molar-refractivity contribution in [3.05, 3.63) is 57.2 Å². The Bertz CT molecular complexity index is 697. The number of halogens is 1. The van der Waals surface area contributed by atoms with Gasteiger partial charge in [0.05, 0.1) is 10.9 Å². The Labute approximate surface area is 159 Å². The van der Waals surface area contributed by atoms with Crippen LogP contribution in [0.2, 0.25) is 5.02 Å². The Hall–Kier alpha value is -1.32. The van der Waals surface area contributed by atoms with E-state index in [4.69, 9.17) is 11.6 Å². The van der Waals surface area contributed by atoms with Crippen molar-refractivity contribution in [1.82, 2.24) is 5.32 Å². The zero-order valence-electron chi connectivity index (χ0n) is 14.9. The van der Waals surface area contributed by atoms with Crippen LogP contribution in [0.4, 0.5) is 0 Å². The minimum absolute atomic E-state index is 0.0348. The summed E-state index contributed by atoms with van der Waals surface area (Å²) in [5.74, 6) is 0.731. The van der Waals surface area contributed by atoms with Gasteiger partial charge in [-0.1, -0.05) is 62.9 Å². The minimum atomic E-state index is 0.0348. The second-order valence-electron chi connectivity index (χ2n) is 7.11. The monoisotopic (exact) mass is 375 g/mol. The van der Waals surface area contributed by atoms with Crippen molar-refractivity contribution in [3.63, 3.8) is 0 Å². The summed E-state index contributed by atoms with van der Waals surface area (Å²) >= 11 is 7.58. The van der Waals surface area contributed by atoms with Crippen LogP contribution in [0.5, 0.6) is 0 Å². The summed E-state index contributed by atoms with van der Waals surface area (Å²) in [5, 5.41) is 6.04. The van der Waals surface area contributed by atoms with Gasteiger partial charge in [0.1, 0.15) is 0 Å². The van der Waals surface area contributed by atoms with Gasteiger partial charge in [-0.2, -0.15) is 0 Å². The SMILES string of the molecule is CCC[C@@H]1C[C@@]1(CCC)[C@@H](NC(=O)c1cccs1)c1ccc(Cl)cc1. The summed E-state index contributed by atoms with van der Waals surface area (Å²) in [5.41, 5.74) is 1.35. The molecule has 0 radical (unpaired) electrons. The van der Waals surface area contributed by atoms with E-state index < -0.39 is 0 Å². The van der Waals surface area contributed by atoms with Crippen LogP contribution in [0.25, 0.3) is 0 Å². The van der Waals surface area contributed by atoms with Gasteiger partial charge in [0.15, 0.2) is 0 Å². The van der Waals surface area contributed by atoms with Gasteiger partial charge in [-0.15, -0.1) is 11.3 Å². The lowest BCUT2D eigenvalue weighted by atomic mass is 9.83. The van der Waals surface area contributed by atoms with Gasteiger partial charge in [-0.05, 0) is 53.3 Å². The van der Waals surface area contributed by atoms with E-state index in [2.05, 4.69) is 31.3 Å². The normalized spacial score (nSPS) is 23.2. The Morgan fingerprint density at radius 3 is 2.64 bits per heavy atom. The molecule has 2 aromatic rings. The summed E-state index contributed by atoms with van der Waals surface area (Å²) in [4.78, 5) is 13.5. The molecule has 0 saturated heterocycles. The number of amides is 1. The molecule has 1 aliphatic carbocycles. The standard InChI is InChI=1S/C21H26ClNOS/c1-3-6-16-14-21(16,12-4-2)19(15-8-10-17(22)11-9-15)23-20(24)18-7-5-13-25-18/h5,7-11,13,16,19H,3-4,6,12,14H2,1-2H3,(H,23,24)/t16-,19+,21-/m1/s1. The third-order valence-corrected chi connectivity index (χ3v) is 6.55. The van der Waals surface area contributed by atoms with Crippen LogP contribution in [0.1, 0.15) is 67.2 Å². The highest BCUT2D eigenvalue weighted by Gasteiger charge is 2.57. The van der Waals surface area contributed by atoms with Crippen molar-refractivity contribution in [2.75, 3.05) is 0 Å². The number of nitrogens with one attached hydrogen (secondary N) is 1. The van der Waals surface area contributed by atoms with Crippen LogP contribution in [0.3, 0.4) is 0 Å². The quantitative estimate of drug-likeness (QED) is 0.562. The van der Waals surface area contributed by atoms with Crippen molar-refractivity contribution in [2.45, 2.75) is 52.0 Å². The van der Waals surface area contributed by atoms with Crippen molar-refractivity contribution in [3.8, 4) is 0 Å². The van der Waals surface area contributed by atoms with E-state index in [-0.39, 0.29) is 17.4 Å². The molecule has 1 fully saturated rings. The number of rotatable bonds is 8. The third kappa shape index (κ3) is 3.93. The Morgan fingerprint density at radius 1 is 1.28 bits per heavy atom. The van der Waals surface area contributed by atoms with Gasteiger partial charge in [0.25, 0.3) is 5.91 Å². The summed E-state index contributed by atoms with van der Waals surface area (Å²) in [6.07, 6.45) is 5.92. The molecular formula is C21H26ClNOS. The highest BCUT2D eigenvalue weighted by Crippen LogP contribution is 2.64. The average molecular weight is 376 g/mol. The lowest BCUT2D eigenvalue weighted by Crippen LogP contribution is -2.35. The summed E-state index contributed by atoms with van der Waals surface area (Å²) in [6.45, 7) is 4.49. The topological polar surface area (TPSA) is 29.1 Å². The number of hydrogen-bond donors (Lipinski definition) is 1. The molecule has 0 aliphatic heterocycles. The van der Waals surface area contributed by atoms with Crippen molar-refractivity contribution >= 4 is 28.8 Å². The second kappa shape index (κ2) is 7.92. The number of carbonyl (C=O) groups is 1. The van der Waals surface area contributed by atoms with Crippen molar-refractivity contribution < 1.29 is 4.79 Å². The van der Waals surface area contributed by atoms with Gasteiger partial charge in [0.2, 0.25) is 0 Å². The van der Waals surface area contributed by atoms with E-state index in [1.54, 1.807) is 0 Å². The maximum Gasteiger partial charge on any atom is 0.261 e. The zero-order valence-corrected chi connectivity index (χ0v) is 16.5. The maximum absolute atomic E-state index is 12.8. The highest BCUT2D eigenvalue weighted by molar-refractivity contribution is 7.12. The Kier molecular flexibility index (Phi) is 5.85. The summed E-state index contributed by atoms with van der Waals surface area (Å²) in [7, 11) is 0. The molecule has 1 heterocycles. The van der Waals surface area contributed by atoms with Gasteiger partial charge >= 0.3 is 0 Å². The molecule has 1 aromatic carbocycles. The van der Waals surface area contributed by atoms with Crippen LogP contribution < -0.4 is 5.32 Å². The van der Waals surface area contributed by atoms with Gasteiger partial charge in [0, 0.05) is 5.02 Å². The summed E-state index contributed by atoms with van der Waals surface area (Å²) < 4.78 is 0. The molecule has 134 valence electrons. The molecule has 1 aromatic heterocycles. The van der Waals surface area contributed by atoms with Gasteiger partial charge in [-0.25, -0.2) is 0 Å². The van der Waals surface area contributed by atoms with Crippen LogP contribution in [-0.4, -0.2) is 5.91 Å². The fourth-order valence-corrected chi connectivity index (χ4v) is 4.98. The first-order valence-corrected chi connectivity index (χ1v) is 10.5. The average Bonchev–Trinajstić information content (AvgIpc) is 3.04. The summed E-state index contributed by atoms with van der Waals surface area (Å²) in [6, 6.07) is 11.9. The molecule has 2 nitrogen and oxygen atoms in total. The van der Waals surface area contributed by atoms with Crippen LogP contribution >= 0.6 is 22.9 Å². The van der Waals surface area contributed by atoms with Crippen molar-refractivity contribution in [1.29, 1.82) is 0 Å². The van der Waals surface area contributed by atoms with Crippen LogP contribution in [0.15, 0.2) is 41.8 Å². The number of carbonyl (C=O) groups excluding carboxylic acids is 1. The lowest BCUT2D eigenvalue weighted by molar-refractivity contribution is 0.0912. The Morgan fingerprint density at radius 2 is 2.04 bits per heavy atom. The molecule has 3 rings (SSSR count). The van der Waals surface area contributed by atoms with E-state index in [1.807, 2.05) is 29.6 Å². The molecule has 4 heteroatoms. The first kappa shape index (κ1) is 18.5. The fraction of sp³-hybridized carbons (Fsp3) is 0.476. The molecule has 1 amide bonds. The van der Waals surface area contributed by atoms with Crippen LogP contribution in [-0.2, 0) is 0 Å². The number of benzene rings is 1. The largest absolute Gasteiger partial charge is 0.344 e. The molecule has 0 spiro atoms. The zero-order chi connectivity index (χ0) is 17.9.